The Bertz CT molecular complexity index is 1310. The SMILES string of the molecule is COC(=O)c1c(NC(=O)Cn2nc(C)c3c(C(F)(F)F)cc(C4CC4)nc32)sc2c1CCCC2. The van der Waals surface area contributed by atoms with Gasteiger partial charge in [-0.1, -0.05) is 0 Å². The molecule has 0 atom stereocenters. The van der Waals surface area contributed by atoms with E-state index < -0.39 is 23.6 Å². The van der Waals surface area contributed by atoms with Gasteiger partial charge in [-0.25, -0.2) is 14.5 Å². The van der Waals surface area contributed by atoms with Crippen molar-refractivity contribution in [3.63, 3.8) is 0 Å². The molecule has 34 heavy (non-hydrogen) atoms. The fraction of sp³-hybridized carbons (Fsp3) is 0.478. The minimum Gasteiger partial charge on any atom is -0.465 e. The lowest BCUT2D eigenvalue weighted by Gasteiger charge is -2.12. The number of anilines is 1. The summed E-state index contributed by atoms with van der Waals surface area (Å²) < 4.78 is 47.5. The fourth-order valence-corrected chi connectivity index (χ4v) is 5.86. The zero-order valence-corrected chi connectivity index (χ0v) is 19.5. The molecule has 0 saturated heterocycles. The first-order chi connectivity index (χ1) is 16.2. The van der Waals surface area contributed by atoms with Crippen LogP contribution in [0.1, 0.15) is 69.4 Å². The second kappa shape index (κ2) is 8.37. The Labute approximate surface area is 197 Å². The number of hydrogen-bond donors (Lipinski definition) is 1. The van der Waals surface area contributed by atoms with Crippen molar-refractivity contribution in [1.29, 1.82) is 0 Å². The summed E-state index contributed by atoms with van der Waals surface area (Å²) in [7, 11) is 1.29. The number of aromatic nitrogens is 3. The molecule has 2 aliphatic rings. The Hall–Kier alpha value is -2.95. The molecule has 5 rings (SSSR count). The summed E-state index contributed by atoms with van der Waals surface area (Å²) in [6.07, 6.45) is 0.565. The van der Waals surface area contributed by atoms with Crippen molar-refractivity contribution >= 4 is 39.2 Å². The van der Waals surface area contributed by atoms with Crippen LogP contribution in [0.5, 0.6) is 0 Å². The molecule has 180 valence electrons. The number of fused-ring (bicyclic) bond motifs is 2. The third-order valence-electron chi connectivity index (χ3n) is 6.31. The van der Waals surface area contributed by atoms with Crippen molar-refractivity contribution in [2.75, 3.05) is 12.4 Å². The Morgan fingerprint density at radius 3 is 2.68 bits per heavy atom. The molecule has 3 aromatic rings. The van der Waals surface area contributed by atoms with Crippen LogP contribution in [0, 0.1) is 6.92 Å². The summed E-state index contributed by atoms with van der Waals surface area (Å²) in [4.78, 5) is 30.9. The van der Waals surface area contributed by atoms with E-state index in [2.05, 4.69) is 15.4 Å². The second-order valence-corrected chi connectivity index (χ2v) is 9.87. The fourth-order valence-electron chi connectivity index (χ4n) is 4.57. The number of aryl methyl sites for hydroxylation is 2. The van der Waals surface area contributed by atoms with Gasteiger partial charge in [0.2, 0.25) is 5.91 Å². The number of carbonyl (C=O) groups excluding carboxylic acids is 2. The zero-order valence-electron chi connectivity index (χ0n) is 18.7. The Balaban J connectivity index is 1.49. The minimum atomic E-state index is -4.56. The van der Waals surface area contributed by atoms with Crippen molar-refractivity contribution in [3.05, 3.63) is 39.0 Å². The number of thiophene rings is 1. The van der Waals surface area contributed by atoms with Gasteiger partial charge in [-0.3, -0.25) is 4.79 Å². The number of nitrogens with zero attached hydrogens (tertiary/aromatic N) is 3. The number of amides is 1. The van der Waals surface area contributed by atoms with E-state index in [0.717, 1.165) is 55.0 Å². The summed E-state index contributed by atoms with van der Waals surface area (Å²) in [5.74, 6) is -1.01. The normalized spacial score (nSPS) is 15.9. The van der Waals surface area contributed by atoms with Gasteiger partial charge in [0.15, 0.2) is 5.65 Å². The molecule has 1 N–H and O–H groups in total. The van der Waals surface area contributed by atoms with Gasteiger partial charge in [0, 0.05) is 16.5 Å². The summed E-state index contributed by atoms with van der Waals surface area (Å²) in [5.41, 5.74) is 1.08. The van der Waals surface area contributed by atoms with Crippen LogP contribution in [-0.4, -0.2) is 33.8 Å². The molecule has 0 bridgehead atoms. The van der Waals surface area contributed by atoms with Gasteiger partial charge in [-0.2, -0.15) is 18.3 Å². The van der Waals surface area contributed by atoms with Gasteiger partial charge in [-0.05, 0) is 57.1 Å². The van der Waals surface area contributed by atoms with E-state index in [-0.39, 0.29) is 29.2 Å². The number of methoxy groups -OCH3 is 1. The van der Waals surface area contributed by atoms with Crippen LogP contribution in [0.3, 0.4) is 0 Å². The molecule has 1 fully saturated rings. The van der Waals surface area contributed by atoms with Crippen molar-refractivity contribution in [2.24, 2.45) is 0 Å². The van der Waals surface area contributed by atoms with E-state index in [4.69, 9.17) is 4.74 Å². The molecule has 11 heteroatoms. The van der Waals surface area contributed by atoms with E-state index in [1.165, 1.54) is 30.1 Å². The summed E-state index contributed by atoms with van der Waals surface area (Å²) in [6, 6.07) is 1.11. The van der Waals surface area contributed by atoms with Gasteiger partial charge in [0.05, 0.1) is 29.3 Å². The molecule has 0 unspecified atom stereocenters. The van der Waals surface area contributed by atoms with Crippen LogP contribution in [0.15, 0.2) is 6.07 Å². The molecule has 0 aliphatic heterocycles. The van der Waals surface area contributed by atoms with Gasteiger partial charge < -0.3 is 10.1 Å². The third kappa shape index (κ3) is 4.06. The van der Waals surface area contributed by atoms with E-state index in [0.29, 0.717) is 16.3 Å². The second-order valence-electron chi connectivity index (χ2n) is 8.76. The number of halogens is 3. The first-order valence-corrected chi connectivity index (χ1v) is 12.0. The van der Waals surface area contributed by atoms with Gasteiger partial charge >= 0.3 is 12.1 Å². The lowest BCUT2D eigenvalue weighted by molar-refractivity contribution is -0.136. The average Bonchev–Trinajstić information content (AvgIpc) is 3.51. The highest BCUT2D eigenvalue weighted by Crippen LogP contribution is 2.44. The van der Waals surface area contributed by atoms with Crippen LogP contribution < -0.4 is 5.32 Å². The largest absolute Gasteiger partial charge is 0.465 e. The molecule has 2 aliphatic carbocycles. The lowest BCUT2D eigenvalue weighted by Crippen LogP contribution is -2.21. The number of ether oxygens (including phenoxy) is 1. The van der Waals surface area contributed by atoms with E-state index in [9.17, 15) is 22.8 Å². The highest BCUT2D eigenvalue weighted by Gasteiger charge is 2.38. The Kier molecular flexibility index (Phi) is 5.62. The van der Waals surface area contributed by atoms with Crippen molar-refractivity contribution < 1.29 is 27.5 Å². The monoisotopic (exact) mass is 492 g/mol. The summed E-state index contributed by atoms with van der Waals surface area (Å²) in [5, 5.41) is 7.29. The number of rotatable bonds is 5. The highest BCUT2D eigenvalue weighted by molar-refractivity contribution is 7.17. The maximum absolute atomic E-state index is 13.8. The zero-order chi connectivity index (χ0) is 24.2. The van der Waals surface area contributed by atoms with Crippen LogP contribution in [-0.2, 0) is 35.1 Å². The van der Waals surface area contributed by atoms with E-state index >= 15 is 0 Å². The van der Waals surface area contributed by atoms with Crippen molar-refractivity contribution in [1.82, 2.24) is 14.8 Å². The molecule has 0 spiro atoms. The predicted molar refractivity (Wildman–Crippen MR) is 120 cm³/mol. The van der Waals surface area contributed by atoms with Gasteiger partial charge in [-0.15, -0.1) is 11.3 Å². The minimum absolute atomic E-state index is 0.00281. The van der Waals surface area contributed by atoms with Gasteiger partial charge in [0.25, 0.3) is 0 Å². The lowest BCUT2D eigenvalue weighted by atomic mass is 9.95. The molecule has 3 heterocycles. The quantitative estimate of drug-likeness (QED) is 0.507. The Morgan fingerprint density at radius 1 is 1.26 bits per heavy atom. The first-order valence-electron chi connectivity index (χ1n) is 11.1. The third-order valence-corrected chi connectivity index (χ3v) is 7.51. The van der Waals surface area contributed by atoms with Crippen molar-refractivity contribution in [2.45, 2.75) is 64.1 Å². The van der Waals surface area contributed by atoms with E-state index in [1.807, 2.05) is 0 Å². The number of alkyl halides is 3. The number of esters is 1. The standard InChI is InChI=1S/C23H23F3N4O3S/c1-11-18-14(23(24,25)26)9-15(12-7-8-12)27-20(18)30(29-11)10-17(31)28-21-19(22(32)33-2)13-5-3-4-6-16(13)34-21/h9,12H,3-8,10H2,1-2H3,(H,28,31). The number of carbonyl (C=O) groups is 2. The summed E-state index contributed by atoms with van der Waals surface area (Å²) in [6.45, 7) is 1.15. The van der Waals surface area contributed by atoms with Crippen LogP contribution in [0.2, 0.25) is 0 Å². The topological polar surface area (TPSA) is 86.1 Å². The molecule has 3 aromatic heterocycles. The molecule has 1 amide bonds. The van der Waals surface area contributed by atoms with Crippen molar-refractivity contribution in [3.8, 4) is 0 Å². The predicted octanol–water partition coefficient (Wildman–Crippen LogP) is 5.00. The maximum Gasteiger partial charge on any atom is 0.417 e. The molecule has 7 nitrogen and oxygen atoms in total. The Morgan fingerprint density at radius 2 is 2.00 bits per heavy atom. The molecule has 0 radical (unpaired) electrons. The van der Waals surface area contributed by atoms with Crippen LogP contribution in [0.4, 0.5) is 18.2 Å². The number of pyridine rings is 1. The van der Waals surface area contributed by atoms with Crippen LogP contribution in [0.25, 0.3) is 11.0 Å². The summed E-state index contributed by atoms with van der Waals surface area (Å²) >= 11 is 1.35. The molecule has 1 saturated carbocycles. The average molecular weight is 493 g/mol. The number of nitrogens with one attached hydrogen (secondary N) is 1. The molecule has 0 aromatic carbocycles. The smallest absolute Gasteiger partial charge is 0.417 e. The van der Waals surface area contributed by atoms with Gasteiger partial charge in [0.1, 0.15) is 11.5 Å². The highest BCUT2D eigenvalue weighted by atomic mass is 32.1. The maximum atomic E-state index is 13.8. The molecular formula is C23H23F3N4O3S. The molecular weight excluding hydrogens is 469 g/mol. The van der Waals surface area contributed by atoms with E-state index in [1.54, 1.807) is 0 Å². The number of hydrogen-bond acceptors (Lipinski definition) is 6. The first kappa shape index (κ1) is 22.8. The van der Waals surface area contributed by atoms with Crippen LogP contribution >= 0.6 is 11.3 Å².